The van der Waals surface area contributed by atoms with Gasteiger partial charge in [0, 0.05) is 49.4 Å². The maximum atomic E-state index is 14.9. The van der Waals surface area contributed by atoms with Crippen LogP contribution in [-0.4, -0.2) is 60.5 Å². The number of anilines is 2. The lowest BCUT2D eigenvalue weighted by atomic mass is 9.94. The molecule has 1 fully saturated rings. The average Bonchev–Trinajstić information content (AvgIpc) is 2.90. The largest absolute Gasteiger partial charge is 0.467 e. The molecular weight excluding hydrogens is 491 g/mol. The molecule has 2 aromatic carbocycles. The number of aliphatic hydroxyl groups is 1. The molecule has 198 valence electrons. The highest BCUT2D eigenvalue weighted by Crippen LogP contribution is 2.39. The maximum Gasteiger partial charge on any atom is 0.189 e. The Hall–Kier alpha value is -2.62. The van der Waals surface area contributed by atoms with Gasteiger partial charge in [0.1, 0.15) is 17.4 Å². The number of hydrogen-bond donors (Lipinski definition) is 1. The number of fused-ring (bicyclic) bond motifs is 2. The van der Waals surface area contributed by atoms with Crippen LogP contribution in [0.5, 0.6) is 5.75 Å². The molecule has 0 saturated carbocycles. The lowest BCUT2D eigenvalue weighted by Crippen LogP contribution is -2.47. The smallest absolute Gasteiger partial charge is 0.189 e. The first-order chi connectivity index (χ1) is 17.8. The topological polar surface area (TPSA) is 71.0 Å². The Morgan fingerprint density at radius 1 is 1.19 bits per heavy atom. The Morgan fingerprint density at radius 2 is 2.03 bits per heavy atom. The molecule has 1 saturated heterocycles. The summed E-state index contributed by atoms with van der Waals surface area (Å²) in [5.41, 5.74) is 3.05. The number of rotatable bonds is 7. The minimum atomic E-state index is -0.724. The van der Waals surface area contributed by atoms with E-state index in [1.807, 2.05) is 38.3 Å². The van der Waals surface area contributed by atoms with Gasteiger partial charge in [-0.25, -0.2) is 14.4 Å². The second-order valence-electron chi connectivity index (χ2n) is 10.1. The molecule has 0 aliphatic carbocycles. The van der Waals surface area contributed by atoms with Crippen molar-refractivity contribution in [1.29, 1.82) is 0 Å². The van der Waals surface area contributed by atoms with Crippen molar-refractivity contribution in [2.24, 2.45) is 0 Å². The third-order valence-electron chi connectivity index (χ3n) is 7.34. The van der Waals surface area contributed by atoms with Crippen LogP contribution < -0.4 is 14.5 Å². The molecule has 2 aliphatic rings. The second-order valence-corrected chi connectivity index (χ2v) is 10.9. The molecule has 3 aromatic rings. The van der Waals surface area contributed by atoms with Gasteiger partial charge in [0.05, 0.1) is 17.8 Å². The minimum Gasteiger partial charge on any atom is -0.467 e. The molecule has 3 heterocycles. The van der Waals surface area contributed by atoms with E-state index in [1.165, 1.54) is 17.8 Å². The van der Waals surface area contributed by atoms with Crippen molar-refractivity contribution in [1.82, 2.24) is 9.97 Å². The van der Waals surface area contributed by atoms with Crippen LogP contribution in [0.3, 0.4) is 0 Å². The van der Waals surface area contributed by atoms with Crippen LogP contribution in [-0.2, 0) is 24.1 Å². The van der Waals surface area contributed by atoms with E-state index in [0.29, 0.717) is 30.8 Å². The van der Waals surface area contributed by atoms with Gasteiger partial charge in [0.15, 0.2) is 11.9 Å². The van der Waals surface area contributed by atoms with Crippen LogP contribution in [0.4, 0.5) is 15.9 Å². The van der Waals surface area contributed by atoms with Gasteiger partial charge in [0.25, 0.3) is 0 Å². The number of methoxy groups -OCH3 is 1. The standard InChI is InChI=1S/C28H35FN4O3S/c1-5-20-22(29)8-7-18-13-19(36-17-35-3)14-24(25(18)20)32-12-9-21-23(15-32)30-27(37-4)31-26(21)33-11-6-10-28(2,34)16-33/h7-8,13-14,34H,5-6,9-12,15-17H2,1-4H3/t28-/m1/s1. The molecular formula is C28H35FN4O3S. The van der Waals surface area contributed by atoms with E-state index in [2.05, 4.69) is 9.80 Å². The van der Waals surface area contributed by atoms with Crippen LogP contribution in [0.25, 0.3) is 10.8 Å². The molecule has 1 N–H and O–H groups in total. The number of aromatic nitrogens is 2. The molecule has 5 rings (SSSR count). The van der Waals surface area contributed by atoms with E-state index in [9.17, 15) is 9.50 Å². The molecule has 0 bridgehead atoms. The average molecular weight is 527 g/mol. The summed E-state index contributed by atoms with van der Waals surface area (Å²) in [5.74, 6) is 1.44. The van der Waals surface area contributed by atoms with Crippen LogP contribution in [0.15, 0.2) is 29.4 Å². The van der Waals surface area contributed by atoms with E-state index in [0.717, 1.165) is 71.0 Å². The van der Waals surface area contributed by atoms with Gasteiger partial charge in [-0.2, -0.15) is 0 Å². The van der Waals surface area contributed by atoms with Crippen LogP contribution >= 0.6 is 11.8 Å². The molecule has 0 amide bonds. The van der Waals surface area contributed by atoms with Crippen LogP contribution in [0.2, 0.25) is 0 Å². The van der Waals surface area contributed by atoms with Gasteiger partial charge < -0.3 is 24.4 Å². The number of aryl methyl sites for hydroxylation is 1. The van der Waals surface area contributed by atoms with Crippen molar-refractivity contribution in [3.05, 3.63) is 46.9 Å². The van der Waals surface area contributed by atoms with E-state index < -0.39 is 5.60 Å². The fourth-order valence-corrected chi connectivity index (χ4v) is 6.00. The van der Waals surface area contributed by atoms with E-state index in [4.69, 9.17) is 19.4 Å². The fourth-order valence-electron chi connectivity index (χ4n) is 5.62. The molecule has 0 spiro atoms. The normalized spacial score (nSPS) is 19.8. The Kier molecular flexibility index (Phi) is 7.47. The van der Waals surface area contributed by atoms with E-state index >= 15 is 0 Å². The van der Waals surface area contributed by atoms with Gasteiger partial charge in [-0.15, -0.1) is 0 Å². The molecule has 2 aliphatic heterocycles. The van der Waals surface area contributed by atoms with Crippen molar-refractivity contribution in [2.75, 3.05) is 49.6 Å². The van der Waals surface area contributed by atoms with Crippen molar-refractivity contribution in [2.45, 2.75) is 56.8 Å². The number of thioether (sulfide) groups is 1. The maximum absolute atomic E-state index is 14.9. The summed E-state index contributed by atoms with van der Waals surface area (Å²) in [7, 11) is 1.59. The van der Waals surface area contributed by atoms with Crippen molar-refractivity contribution < 1.29 is 19.0 Å². The van der Waals surface area contributed by atoms with Gasteiger partial charge in [0.2, 0.25) is 0 Å². The highest BCUT2D eigenvalue weighted by atomic mass is 32.2. The van der Waals surface area contributed by atoms with Crippen molar-refractivity contribution in [3.8, 4) is 5.75 Å². The molecule has 9 heteroatoms. The number of β-amino-alcohol motifs (C(OH)–C–C–N with tert-alkyl or cyclic N) is 1. The predicted molar refractivity (Wildman–Crippen MR) is 146 cm³/mol. The first-order valence-electron chi connectivity index (χ1n) is 12.9. The molecule has 1 aromatic heterocycles. The van der Waals surface area contributed by atoms with Gasteiger partial charge >= 0.3 is 0 Å². The summed E-state index contributed by atoms with van der Waals surface area (Å²) in [6.07, 6.45) is 5.07. The first kappa shape index (κ1) is 26.0. The molecule has 1 atom stereocenters. The summed E-state index contributed by atoms with van der Waals surface area (Å²) in [6, 6.07) is 7.29. The Balaban J connectivity index is 1.58. The summed E-state index contributed by atoms with van der Waals surface area (Å²) >= 11 is 1.53. The lowest BCUT2D eigenvalue weighted by molar-refractivity contribution is 0.0446. The Morgan fingerprint density at radius 3 is 2.76 bits per heavy atom. The number of piperidine rings is 1. The third kappa shape index (κ3) is 5.22. The zero-order valence-electron chi connectivity index (χ0n) is 22.0. The van der Waals surface area contributed by atoms with Gasteiger partial charge in [-0.1, -0.05) is 24.8 Å². The Labute approximate surface area is 222 Å². The summed E-state index contributed by atoms with van der Waals surface area (Å²) in [6.45, 7) is 6.80. The number of hydrogen-bond acceptors (Lipinski definition) is 8. The summed E-state index contributed by atoms with van der Waals surface area (Å²) < 4.78 is 25.9. The van der Waals surface area contributed by atoms with Gasteiger partial charge in [-0.05, 0) is 61.9 Å². The fraction of sp³-hybridized carbons (Fsp3) is 0.500. The minimum absolute atomic E-state index is 0.142. The third-order valence-corrected chi connectivity index (χ3v) is 7.89. The molecule has 0 unspecified atom stereocenters. The first-order valence-corrected chi connectivity index (χ1v) is 14.1. The number of benzene rings is 2. The molecule has 7 nitrogen and oxygen atoms in total. The van der Waals surface area contributed by atoms with Crippen LogP contribution in [0.1, 0.15) is 43.5 Å². The second kappa shape index (κ2) is 10.6. The monoisotopic (exact) mass is 526 g/mol. The Bertz CT molecular complexity index is 1300. The highest BCUT2D eigenvalue weighted by molar-refractivity contribution is 7.98. The molecule has 37 heavy (non-hydrogen) atoms. The van der Waals surface area contributed by atoms with Gasteiger partial charge in [-0.3, -0.25) is 0 Å². The van der Waals surface area contributed by atoms with Crippen molar-refractivity contribution >= 4 is 34.0 Å². The number of nitrogens with zero attached hydrogens (tertiary/aromatic N) is 4. The van der Waals surface area contributed by atoms with E-state index in [-0.39, 0.29) is 12.6 Å². The lowest BCUT2D eigenvalue weighted by Gasteiger charge is -2.40. The zero-order chi connectivity index (χ0) is 26.2. The number of halogens is 1. The van der Waals surface area contributed by atoms with Crippen LogP contribution in [0, 0.1) is 5.82 Å². The number of ether oxygens (including phenoxy) is 2. The van der Waals surface area contributed by atoms with E-state index in [1.54, 1.807) is 7.11 Å². The van der Waals surface area contributed by atoms with Crippen molar-refractivity contribution in [3.63, 3.8) is 0 Å². The quantitative estimate of drug-likeness (QED) is 0.264. The summed E-state index contributed by atoms with van der Waals surface area (Å²) in [4.78, 5) is 14.3. The SMILES string of the molecule is CCc1c(F)ccc2cc(OCOC)cc(N3CCc4c(nc(SC)nc4N4CCC[C@@](C)(O)C4)C3)c12. The predicted octanol–water partition coefficient (Wildman–Crippen LogP) is 4.95. The highest BCUT2D eigenvalue weighted by Gasteiger charge is 2.33. The molecule has 0 radical (unpaired) electrons. The summed E-state index contributed by atoms with van der Waals surface area (Å²) in [5, 5.41) is 13.3. The zero-order valence-corrected chi connectivity index (χ0v) is 22.8.